The molecule has 0 fully saturated rings. The third kappa shape index (κ3) is 3.28. The molecule has 2 rings (SSSR count). The molecule has 0 unspecified atom stereocenters. The van der Waals surface area contributed by atoms with Crippen LogP contribution in [0.15, 0.2) is 30.6 Å². The molecule has 104 valence electrons. The van der Waals surface area contributed by atoms with Gasteiger partial charge in [-0.2, -0.15) is 0 Å². The monoisotopic (exact) mass is 272 g/mol. The lowest BCUT2D eigenvalue weighted by molar-refractivity contribution is 0.0690. The molecule has 0 amide bonds. The molecule has 6 nitrogen and oxygen atoms in total. The summed E-state index contributed by atoms with van der Waals surface area (Å²) >= 11 is 0. The number of hydrogen-bond acceptors (Lipinski definition) is 5. The number of carboxylic acid groups (broad SMARTS) is 1. The number of anilines is 1. The van der Waals surface area contributed by atoms with Crippen molar-refractivity contribution < 1.29 is 9.90 Å². The Balaban J connectivity index is 2.24. The van der Waals surface area contributed by atoms with E-state index in [0.29, 0.717) is 18.9 Å². The first-order valence-electron chi connectivity index (χ1n) is 6.33. The van der Waals surface area contributed by atoms with E-state index in [-0.39, 0.29) is 5.69 Å². The molecule has 20 heavy (non-hydrogen) atoms. The smallest absolute Gasteiger partial charge is 0.356 e. The van der Waals surface area contributed by atoms with E-state index >= 15 is 0 Å². The van der Waals surface area contributed by atoms with Crippen molar-refractivity contribution in [3.05, 3.63) is 47.7 Å². The Morgan fingerprint density at radius 3 is 2.75 bits per heavy atom. The minimum absolute atomic E-state index is 0.0573. The summed E-state index contributed by atoms with van der Waals surface area (Å²) in [7, 11) is 0. The van der Waals surface area contributed by atoms with Crippen LogP contribution in [0.2, 0.25) is 0 Å². The fourth-order valence-corrected chi connectivity index (χ4v) is 1.85. The molecule has 0 bridgehead atoms. The number of nitrogens with zero attached hydrogens (tertiary/aromatic N) is 4. The van der Waals surface area contributed by atoms with Gasteiger partial charge in [-0.05, 0) is 26.0 Å². The molecule has 0 saturated carbocycles. The van der Waals surface area contributed by atoms with Gasteiger partial charge in [0.1, 0.15) is 5.82 Å². The van der Waals surface area contributed by atoms with Gasteiger partial charge in [-0.3, -0.25) is 9.97 Å². The normalized spacial score (nSPS) is 10.3. The first-order valence-corrected chi connectivity index (χ1v) is 6.33. The van der Waals surface area contributed by atoms with E-state index in [2.05, 4.69) is 15.0 Å². The Labute approximate surface area is 117 Å². The summed E-state index contributed by atoms with van der Waals surface area (Å²) in [5, 5.41) is 8.96. The van der Waals surface area contributed by atoms with E-state index in [4.69, 9.17) is 5.11 Å². The van der Waals surface area contributed by atoms with Gasteiger partial charge in [0, 0.05) is 12.2 Å². The summed E-state index contributed by atoms with van der Waals surface area (Å²) in [6, 6.07) is 5.82. The van der Waals surface area contributed by atoms with Crippen LogP contribution < -0.4 is 4.90 Å². The standard InChI is InChI=1S/C14H16N4O2/c1-3-18(9-11-6-4-5-10(2)16-11)13-8-15-7-12(17-13)14(19)20/h4-8H,3,9H2,1-2H3,(H,19,20). The topological polar surface area (TPSA) is 79.2 Å². The quantitative estimate of drug-likeness (QED) is 0.895. The number of pyridine rings is 1. The number of carbonyl (C=O) groups is 1. The molecule has 0 aliphatic rings. The fourth-order valence-electron chi connectivity index (χ4n) is 1.85. The van der Waals surface area contributed by atoms with Crippen molar-refractivity contribution in [1.29, 1.82) is 0 Å². The number of carboxylic acids is 1. The highest BCUT2D eigenvalue weighted by atomic mass is 16.4. The van der Waals surface area contributed by atoms with Gasteiger partial charge < -0.3 is 10.0 Å². The average molecular weight is 272 g/mol. The largest absolute Gasteiger partial charge is 0.476 e. The van der Waals surface area contributed by atoms with Gasteiger partial charge in [0.25, 0.3) is 0 Å². The summed E-state index contributed by atoms with van der Waals surface area (Å²) in [5.74, 6) is -0.542. The molecule has 2 aromatic rings. The average Bonchev–Trinajstić information content (AvgIpc) is 2.45. The molecule has 0 radical (unpaired) electrons. The number of aromatic nitrogens is 3. The Hall–Kier alpha value is -2.50. The Bertz CT molecular complexity index is 616. The van der Waals surface area contributed by atoms with Gasteiger partial charge in [0.2, 0.25) is 0 Å². The summed E-state index contributed by atoms with van der Waals surface area (Å²) < 4.78 is 0. The molecule has 2 aromatic heterocycles. The van der Waals surface area contributed by atoms with E-state index < -0.39 is 5.97 Å². The van der Waals surface area contributed by atoms with Gasteiger partial charge in [-0.25, -0.2) is 9.78 Å². The van der Waals surface area contributed by atoms with Gasteiger partial charge in [0.05, 0.1) is 24.6 Å². The van der Waals surface area contributed by atoms with Crippen molar-refractivity contribution in [2.45, 2.75) is 20.4 Å². The molecule has 0 aromatic carbocycles. The van der Waals surface area contributed by atoms with E-state index in [1.165, 1.54) is 6.20 Å². The van der Waals surface area contributed by atoms with Crippen LogP contribution in [0.3, 0.4) is 0 Å². The minimum Gasteiger partial charge on any atom is -0.476 e. The predicted molar refractivity (Wildman–Crippen MR) is 74.7 cm³/mol. The highest BCUT2D eigenvalue weighted by molar-refractivity contribution is 5.85. The predicted octanol–water partition coefficient (Wildman–Crippen LogP) is 1.90. The third-order valence-corrected chi connectivity index (χ3v) is 2.85. The van der Waals surface area contributed by atoms with E-state index in [1.54, 1.807) is 6.20 Å². The van der Waals surface area contributed by atoms with Crippen molar-refractivity contribution in [2.24, 2.45) is 0 Å². The molecule has 0 aliphatic carbocycles. The first-order chi connectivity index (χ1) is 9.60. The lowest BCUT2D eigenvalue weighted by Crippen LogP contribution is -2.24. The van der Waals surface area contributed by atoms with Gasteiger partial charge >= 0.3 is 5.97 Å². The number of aryl methyl sites for hydroxylation is 1. The number of aromatic carboxylic acids is 1. The van der Waals surface area contributed by atoms with E-state index in [1.807, 2.05) is 36.9 Å². The summed E-state index contributed by atoms with van der Waals surface area (Å²) in [5.41, 5.74) is 1.80. The Morgan fingerprint density at radius 2 is 2.10 bits per heavy atom. The third-order valence-electron chi connectivity index (χ3n) is 2.85. The van der Waals surface area contributed by atoms with Crippen LogP contribution in [-0.2, 0) is 6.54 Å². The zero-order valence-corrected chi connectivity index (χ0v) is 11.4. The maximum atomic E-state index is 10.9. The van der Waals surface area contributed by atoms with E-state index in [0.717, 1.165) is 11.4 Å². The zero-order valence-electron chi connectivity index (χ0n) is 11.4. The van der Waals surface area contributed by atoms with Crippen LogP contribution in [0.25, 0.3) is 0 Å². The van der Waals surface area contributed by atoms with Crippen molar-refractivity contribution in [2.75, 3.05) is 11.4 Å². The second kappa shape index (κ2) is 6.10. The van der Waals surface area contributed by atoms with Crippen LogP contribution in [0, 0.1) is 6.92 Å². The summed E-state index contributed by atoms with van der Waals surface area (Å²) in [6.45, 7) is 5.17. The molecule has 1 N–H and O–H groups in total. The van der Waals surface area contributed by atoms with Crippen LogP contribution in [0.4, 0.5) is 5.82 Å². The van der Waals surface area contributed by atoms with Crippen LogP contribution in [0.1, 0.15) is 28.8 Å². The number of rotatable bonds is 5. The van der Waals surface area contributed by atoms with Gasteiger partial charge in [-0.1, -0.05) is 6.07 Å². The molecule has 0 atom stereocenters. The fraction of sp³-hybridized carbons (Fsp3) is 0.286. The molecule has 0 saturated heterocycles. The second-order valence-electron chi connectivity index (χ2n) is 4.35. The highest BCUT2D eigenvalue weighted by Crippen LogP contribution is 2.13. The SMILES string of the molecule is CCN(Cc1cccc(C)n1)c1cncc(C(=O)O)n1. The maximum absolute atomic E-state index is 10.9. The van der Waals surface area contributed by atoms with Gasteiger partial charge in [-0.15, -0.1) is 0 Å². The molecule has 2 heterocycles. The van der Waals surface area contributed by atoms with Crippen molar-refractivity contribution in [3.63, 3.8) is 0 Å². The Morgan fingerprint density at radius 1 is 1.30 bits per heavy atom. The summed E-state index contributed by atoms with van der Waals surface area (Å²) in [6.07, 6.45) is 2.80. The van der Waals surface area contributed by atoms with Crippen molar-refractivity contribution in [3.8, 4) is 0 Å². The summed E-state index contributed by atoms with van der Waals surface area (Å²) in [4.78, 5) is 25.3. The zero-order chi connectivity index (χ0) is 14.5. The molecule has 6 heteroatoms. The first kappa shape index (κ1) is 13.9. The molecule has 0 spiro atoms. The van der Waals surface area contributed by atoms with E-state index in [9.17, 15) is 4.79 Å². The molecule has 0 aliphatic heterocycles. The number of hydrogen-bond donors (Lipinski definition) is 1. The van der Waals surface area contributed by atoms with Crippen molar-refractivity contribution in [1.82, 2.24) is 15.0 Å². The molecular formula is C14H16N4O2. The van der Waals surface area contributed by atoms with Crippen LogP contribution >= 0.6 is 0 Å². The molecular weight excluding hydrogens is 256 g/mol. The highest BCUT2D eigenvalue weighted by Gasteiger charge is 2.12. The lowest BCUT2D eigenvalue weighted by Gasteiger charge is -2.21. The van der Waals surface area contributed by atoms with Crippen LogP contribution in [-0.4, -0.2) is 32.6 Å². The second-order valence-corrected chi connectivity index (χ2v) is 4.35. The van der Waals surface area contributed by atoms with Crippen molar-refractivity contribution >= 4 is 11.8 Å². The Kier molecular flexibility index (Phi) is 4.24. The van der Waals surface area contributed by atoms with Crippen LogP contribution in [0.5, 0.6) is 0 Å². The maximum Gasteiger partial charge on any atom is 0.356 e. The lowest BCUT2D eigenvalue weighted by atomic mass is 10.3. The van der Waals surface area contributed by atoms with Gasteiger partial charge in [0.15, 0.2) is 5.69 Å². The minimum atomic E-state index is -1.08.